The normalized spacial score (nSPS) is 13.0. The highest BCUT2D eigenvalue weighted by Gasteiger charge is 2.04. The molecule has 7 heteroatoms. The summed E-state index contributed by atoms with van der Waals surface area (Å²) in [4.78, 5) is 15.7. The molecule has 1 atom stereocenters. The summed E-state index contributed by atoms with van der Waals surface area (Å²) >= 11 is 1.70. The third kappa shape index (κ3) is 6.17. The molecule has 0 fully saturated rings. The molecule has 0 aliphatic heterocycles. The van der Waals surface area contributed by atoms with E-state index in [1.54, 1.807) is 24.3 Å². The number of rotatable bonds is 8. The van der Waals surface area contributed by atoms with E-state index in [1.807, 2.05) is 24.4 Å². The largest absolute Gasteiger partial charge is 0.370 e. The summed E-state index contributed by atoms with van der Waals surface area (Å²) in [5, 5.41) is 4.22. The van der Waals surface area contributed by atoms with E-state index in [4.69, 9.17) is 5.73 Å². The fourth-order valence-electron chi connectivity index (χ4n) is 1.87. The molecule has 0 aliphatic carbocycles. The molecule has 0 amide bonds. The average Bonchev–Trinajstić information content (AvgIpc) is 3.04. The van der Waals surface area contributed by atoms with Crippen molar-refractivity contribution in [3.63, 3.8) is 0 Å². The molecule has 0 saturated heterocycles. The van der Waals surface area contributed by atoms with Gasteiger partial charge in [0.05, 0.1) is 11.4 Å². The number of aryl methyl sites for hydroxylation is 1. The summed E-state index contributed by atoms with van der Waals surface area (Å²) in [7, 11) is 0. The number of pyridine rings is 1. The molecule has 22 heavy (non-hydrogen) atoms. The Balaban J connectivity index is 1.62. The zero-order chi connectivity index (χ0) is 15.6. The number of nitrogens with two attached hydrogens (primary N) is 1. The van der Waals surface area contributed by atoms with Gasteiger partial charge in [-0.2, -0.15) is 0 Å². The molecule has 118 valence electrons. The van der Waals surface area contributed by atoms with Crippen molar-refractivity contribution in [1.82, 2.24) is 20.3 Å². The predicted molar refractivity (Wildman–Crippen MR) is 91.0 cm³/mol. The Labute approximate surface area is 135 Å². The van der Waals surface area contributed by atoms with Gasteiger partial charge in [0.15, 0.2) is 5.96 Å². The number of imidazole rings is 1. The number of H-pyrrole nitrogens is 1. The number of nitrogens with zero attached hydrogens (tertiary/aromatic N) is 3. The van der Waals surface area contributed by atoms with Crippen LogP contribution in [-0.4, -0.2) is 39.3 Å². The Kier molecular flexibility index (Phi) is 6.76. The Morgan fingerprint density at radius 2 is 2.41 bits per heavy atom. The molecule has 2 aromatic heterocycles. The number of aromatic amines is 1. The molecular formula is C15H22N6S. The summed E-state index contributed by atoms with van der Waals surface area (Å²) in [6.07, 6.45) is 7.21. The summed E-state index contributed by atoms with van der Waals surface area (Å²) < 4.78 is 0. The fourth-order valence-corrected chi connectivity index (χ4v) is 2.69. The molecule has 0 bridgehead atoms. The van der Waals surface area contributed by atoms with Crippen molar-refractivity contribution in [3.8, 4) is 0 Å². The standard InChI is InChI=1S/C15H22N6S/c1-12(10-22-14-6-2-3-7-18-14)21-15(16)19-8-4-5-13-9-17-11-20-13/h2-3,6-7,9,11-12H,4-5,8,10H2,1H3,(H,17,20)(H3,16,19,21). The number of nitrogens with one attached hydrogen (secondary N) is 2. The molecule has 0 radical (unpaired) electrons. The van der Waals surface area contributed by atoms with Crippen molar-refractivity contribution in [2.75, 3.05) is 12.3 Å². The Morgan fingerprint density at radius 3 is 3.14 bits per heavy atom. The van der Waals surface area contributed by atoms with Crippen molar-refractivity contribution in [2.45, 2.75) is 30.8 Å². The van der Waals surface area contributed by atoms with Crippen LogP contribution in [0.1, 0.15) is 19.0 Å². The van der Waals surface area contributed by atoms with Gasteiger partial charge in [-0.05, 0) is 31.9 Å². The molecule has 0 spiro atoms. The minimum Gasteiger partial charge on any atom is -0.370 e. The van der Waals surface area contributed by atoms with E-state index in [1.165, 1.54) is 0 Å². The van der Waals surface area contributed by atoms with E-state index in [-0.39, 0.29) is 6.04 Å². The van der Waals surface area contributed by atoms with E-state index in [0.29, 0.717) is 12.5 Å². The molecule has 2 aromatic rings. The van der Waals surface area contributed by atoms with Crippen molar-refractivity contribution in [3.05, 3.63) is 42.6 Å². The van der Waals surface area contributed by atoms with E-state index in [0.717, 1.165) is 29.3 Å². The Bertz CT molecular complexity index is 555. The SMILES string of the molecule is CC(CSc1ccccn1)NC(N)=NCCCc1cnc[nH]1. The van der Waals surface area contributed by atoms with E-state index in [2.05, 4.69) is 32.2 Å². The van der Waals surface area contributed by atoms with Gasteiger partial charge < -0.3 is 16.0 Å². The lowest BCUT2D eigenvalue weighted by molar-refractivity contribution is 0.727. The lowest BCUT2D eigenvalue weighted by Crippen LogP contribution is -2.39. The van der Waals surface area contributed by atoms with Crippen molar-refractivity contribution >= 4 is 17.7 Å². The van der Waals surface area contributed by atoms with Crippen molar-refractivity contribution < 1.29 is 0 Å². The third-order valence-electron chi connectivity index (χ3n) is 2.95. The number of hydrogen-bond acceptors (Lipinski definition) is 4. The molecule has 4 N–H and O–H groups in total. The number of aliphatic imine (C=N–C) groups is 1. The summed E-state index contributed by atoms with van der Waals surface area (Å²) in [6, 6.07) is 6.15. The second kappa shape index (κ2) is 9.09. The van der Waals surface area contributed by atoms with Gasteiger partial charge in [-0.3, -0.25) is 4.99 Å². The van der Waals surface area contributed by atoms with Crippen molar-refractivity contribution in [2.24, 2.45) is 10.7 Å². The first-order chi connectivity index (χ1) is 10.7. The zero-order valence-electron chi connectivity index (χ0n) is 12.7. The summed E-state index contributed by atoms with van der Waals surface area (Å²) in [5.41, 5.74) is 7.02. The number of guanidine groups is 1. The first-order valence-corrected chi connectivity index (χ1v) is 8.30. The topological polar surface area (TPSA) is 92.0 Å². The van der Waals surface area contributed by atoms with Crippen LogP contribution in [0, 0.1) is 0 Å². The van der Waals surface area contributed by atoms with Crippen LogP contribution >= 0.6 is 11.8 Å². The number of thioether (sulfide) groups is 1. The van der Waals surface area contributed by atoms with Gasteiger partial charge in [-0.25, -0.2) is 9.97 Å². The molecule has 2 heterocycles. The van der Waals surface area contributed by atoms with Gasteiger partial charge in [-0.1, -0.05) is 6.07 Å². The van der Waals surface area contributed by atoms with Gasteiger partial charge in [0.2, 0.25) is 0 Å². The molecule has 0 saturated carbocycles. The quantitative estimate of drug-likeness (QED) is 0.299. The molecule has 2 rings (SSSR count). The lowest BCUT2D eigenvalue weighted by Gasteiger charge is -2.13. The highest BCUT2D eigenvalue weighted by Crippen LogP contribution is 2.14. The van der Waals surface area contributed by atoms with E-state index < -0.39 is 0 Å². The highest BCUT2D eigenvalue weighted by atomic mass is 32.2. The maximum Gasteiger partial charge on any atom is 0.188 e. The Hall–Kier alpha value is -2.02. The first kappa shape index (κ1) is 16.4. The van der Waals surface area contributed by atoms with Crippen LogP contribution < -0.4 is 11.1 Å². The maximum atomic E-state index is 5.90. The van der Waals surface area contributed by atoms with Gasteiger partial charge in [0.1, 0.15) is 0 Å². The highest BCUT2D eigenvalue weighted by molar-refractivity contribution is 7.99. The maximum absolute atomic E-state index is 5.90. The monoisotopic (exact) mass is 318 g/mol. The predicted octanol–water partition coefficient (Wildman–Crippen LogP) is 1.82. The Morgan fingerprint density at radius 1 is 1.50 bits per heavy atom. The molecular weight excluding hydrogens is 296 g/mol. The van der Waals surface area contributed by atoms with E-state index in [9.17, 15) is 0 Å². The fraction of sp³-hybridized carbons (Fsp3) is 0.400. The van der Waals surface area contributed by atoms with Gasteiger partial charge in [0, 0.05) is 36.4 Å². The van der Waals surface area contributed by atoms with Crippen LogP contribution in [-0.2, 0) is 6.42 Å². The molecule has 0 aliphatic rings. The van der Waals surface area contributed by atoms with Gasteiger partial charge in [-0.15, -0.1) is 11.8 Å². The zero-order valence-corrected chi connectivity index (χ0v) is 13.5. The number of aromatic nitrogens is 3. The minimum atomic E-state index is 0.239. The summed E-state index contributed by atoms with van der Waals surface area (Å²) in [6.45, 7) is 2.79. The molecule has 1 unspecified atom stereocenters. The van der Waals surface area contributed by atoms with Crippen molar-refractivity contribution in [1.29, 1.82) is 0 Å². The third-order valence-corrected chi connectivity index (χ3v) is 4.16. The van der Waals surface area contributed by atoms with Crippen LogP contribution in [0.25, 0.3) is 0 Å². The summed E-state index contributed by atoms with van der Waals surface area (Å²) in [5.74, 6) is 1.39. The smallest absolute Gasteiger partial charge is 0.188 e. The first-order valence-electron chi connectivity index (χ1n) is 7.31. The average molecular weight is 318 g/mol. The molecule has 6 nitrogen and oxygen atoms in total. The van der Waals surface area contributed by atoms with E-state index >= 15 is 0 Å². The lowest BCUT2D eigenvalue weighted by atomic mass is 10.2. The van der Waals surface area contributed by atoms with Crippen LogP contribution in [0.4, 0.5) is 0 Å². The second-order valence-corrected chi connectivity index (χ2v) is 6.01. The van der Waals surface area contributed by atoms with Crippen LogP contribution in [0.5, 0.6) is 0 Å². The number of hydrogen-bond donors (Lipinski definition) is 3. The van der Waals surface area contributed by atoms with Gasteiger partial charge in [0.25, 0.3) is 0 Å². The minimum absolute atomic E-state index is 0.239. The van der Waals surface area contributed by atoms with Gasteiger partial charge >= 0.3 is 0 Å². The van der Waals surface area contributed by atoms with Crippen LogP contribution in [0.3, 0.4) is 0 Å². The van der Waals surface area contributed by atoms with Crippen LogP contribution in [0.15, 0.2) is 46.9 Å². The molecule has 0 aromatic carbocycles. The van der Waals surface area contributed by atoms with Crippen LogP contribution in [0.2, 0.25) is 0 Å². The second-order valence-electron chi connectivity index (χ2n) is 4.97.